The molecule has 0 bridgehead atoms. The van der Waals surface area contributed by atoms with Crippen molar-refractivity contribution in [1.29, 1.82) is 0 Å². The Morgan fingerprint density at radius 1 is 1.67 bits per heavy atom. The SMILES string of the molecule is CCC(N)CC(C)C=O. The maximum atomic E-state index is 10.1. The highest BCUT2D eigenvalue weighted by Gasteiger charge is 2.04. The highest BCUT2D eigenvalue weighted by molar-refractivity contribution is 5.52. The lowest BCUT2D eigenvalue weighted by Crippen LogP contribution is -2.21. The van der Waals surface area contributed by atoms with E-state index in [4.69, 9.17) is 5.73 Å². The Morgan fingerprint density at radius 2 is 2.22 bits per heavy atom. The predicted molar refractivity (Wildman–Crippen MR) is 38.1 cm³/mol. The number of aldehydes is 1. The molecule has 0 aliphatic rings. The van der Waals surface area contributed by atoms with E-state index in [1.807, 2.05) is 13.8 Å². The van der Waals surface area contributed by atoms with Gasteiger partial charge in [0.05, 0.1) is 0 Å². The minimum absolute atomic E-state index is 0.125. The van der Waals surface area contributed by atoms with Gasteiger partial charge in [0.15, 0.2) is 0 Å². The second-order valence-corrected chi connectivity index (χ2v) is 2.52. The Balaban J connectivity index is 3.33. The van der Waals surface area contributed by atoms with Crippen molar-refractivity contribution in [2.75, 3.05) is 0 Å². The van der Waals surface area contributed by atoms with E-state index >= 15 is 0 Å². The quantitative estimate of drug-likeness (QED) is 0.574. The van der Waals surface area contributed by atoms with Crippen molar-refractivity contribution >= 4 is 6.29 Å². The van der Waals surface area contributed by atoms with Crippen LogP contribution in [0.5, 0.6) is 0 Å². The Morgan fingerprint density at radius 3 is 2.56 bits per heavy atom. The summed E-state index contributed by atoms with van der Waals surface area (Å²) in [6, 6.07) is 0.199. The van der Waals surface area contributed by atoms with E-state index in [1.165, 1.54) is 0 Å². The van der Waals surface area contributed by atoms with Crippen LogP contribution in [0, 0.1) is 5.92 Å². The molecule has 0 amide bonds. The molecule has 0 aromatic carbocycles. The van der Waals surface area contributed by atoms with Gasteiger partial charge in [0.25, 0.3) is 0 Å². The van der Waals surface area contributed by atoms with Crippen LogP contribution in [-0.4, -0.2) is 12.3 Å². The second-order valence-electron chi connectivity index (χ2n) is 2.52. The first-order chi connectivity index (χ1) is 4.20. The van der Waals surface area contributed by atoms with Crippen LogP contribution in [0.25, 0.3) is 0 Å². The summed E-state index contributed by atoms with van der Waals surface area (Å²) in [7, 11) is 0. The van der Waals surface area contributed by atoms with Crippen molar-refractivity contribution in [2.45, 2.75) is 32.7 Å². The fourth-order valence-corrected chi connectivity index (χ4v) is 0.700. The smallest absolute Gasteiger partial charge is 0.122 e. The molecule has 54 valence electrons. The standard InChI is InChI=1S/C7H15NO/c1-3-7(8)4-6(2)5-9/h5-7H,3-4,8H2,1-2H3. The first kappa shape index (κ1) is 8.63. The van der Waals surface area contributed by atoms with Crippen molar-refractivity contribution in [1.82, 2.24) is 0 Å². The number of hydrogen-bond donors (Lipinski definition) is 1. The summed E-state index contributed by atoms with van der Waals surface area (Å²) in [4.78, 5) is 10.1. The highest BCUT2D eigenvalue weighted by Crippen LogP contribution is 2.02. The molecule has 0 aromatic rings. The zero-order valence-electron chi connectivity index (χ0n) is 6.13. The second kappa shape index (κ2) is 4.50. The van der Waals surface area contributed by atoms with Crippen molar-refractivity contribution < 1.29 is 4.79 Å². The fourth-order valence-electron chi connectivity index (χ4n) is 0.700. The van der Waals surface area contributed by atoms with E-state index in [1.54, 1.807) is 0 Å². The molecule has 2 N–H and O–H groups in total. The van der Waals surface area contributed by atoms with Crippen LogP contribution in [0.2, 0.25) is 0 Å². The van der Waals surface area contributed by atoms with Gasteiger partial charge in [-0.05, 0) is 12.8 Å². The lowest BCUT2D eigenvalue weighted by Gasteiger charge is -2.09. The molecule has 0 rings (SSSR count). The molecule has 2 nitrogen and oxygen atoms in total. The molecule has 9 heavy (non-hydrogen) atoms. The maximum absolute atomic E-state index is 10.1. The van der Waals surface area contributed by atoms with Crippen LogP contribution in [0.3, 0.4) is 0 Å². The largest absolute Gasteiger partial charge is 0.328 e. The van der Waals surface area contributed by atoms with E-state index in [-0.39, 0.29) is 12.0 Å². The molecule has 0 spiro atoms. The van der Waals surface area contributed by atoms with Gasteiger partial charge in [0, 0.05) is 12.0 Å². The Kier molecular flexibility index (Phi) is 4.32. The van der Waals surface area contributed by atoms with Gasteiger partial charge in [-0.1, -0.05) is 13.8 Å². The Hall–Kier alpha value is -0.370. The van der Waals surface area contributed by atoms with Crippen LogP contribution in [0.1, 0.15) is 26.7 Å². The molecule has 2 unspecified atom stereocenters. The average molecular weight is 129 g/mol. The summed E-state index contributed by atoms with van der Waals surface area (Å²) in [6.07, 6.45) is 2.73. The van der Waals surface area contributed by atoms with E-state index in [0.29, 0.717) is 0 Å². The third kappa shape index (κ3) is 4.15. The zero-order valence-corrected chi connectivity index (χ0v) is 6.13. The summed E-state index contributed by atoms with van der Waals surface area (Å²) in [5.41, 5.74) is 5.59. The molecular weight excluding hydrogens is 114 g/mol. The van der Waals surface area contributed by atoms with Crippen LogP contribution < -0.4 is 5.73 Å². The van der Waals surface area contributed by atoms with E-state index in [0.717, 1.165) is 19.1 Å². The summed E-state index contributed by atoms with van der Waals surface area (Å²) in [5.74, 6) is 0.125. The molecule has 2 atom stereocenters. The average Bonchev–Trinajstić information content (AvgIpc) is 1.87. The van der Waals surface area contributed by atoms with Crippen LogP contribution in [0.4, 0.5) is 0 Å². The van der Waals surface area contributed by atoms with Crippen molar-refractivity contribution in [3.05, 3.63) is 0 Å². The lowest BCUT2D eigenvalue weighted by atomic mass is 10.0. The first-order valence-corrected chi connectivity index (χ1v) is 3.41. The molecule has 0 radical (unpaired) electrons. The summed E-state index contributed by atoms with van der Waals surface area (Å²) in [5, 5.41) is 0. The zero-order chi connectivity index (χ0) is 7.28. The number of hydrogen-bond acceptors (Lipinski definition) is 2. The molecule has 0 fully saturated rings. The monoisotopic (exact) mass is 129 g/mol. The molecule has 0 aromatic heterocycles. The number of carbonyl (C=O) groups excluding carboxylic acids is 1. The van der Waals surface area contributed by atoms with Gasteiger partial charge in [-0.2, -0.15) is 0 Å². The minimum atomic E-state index is 0.125. The molecule has 0 aliphatic carbocycles. The van der Waals surface area contributed by atoms with E-state index < -0.39 is 0 Å². The topological polar surface area (TPSA) is 43.1 Å². The molecule has 0 aliphatic heterocycles. The summed E-state index contributed by atoms with van der Waals surface area (Å²) in [6.45, 7) is 3.92. The molecule has 2 heteroatoms. The minimum Gasteiger partial charge on any atom is -0.328 e. The third-order valence-corrected chi connectivity index (χ3v) is 1.43. The molecule has 0 heterocycles. The van der Waals surface area contributed by atoms with Gasteiger partial charge in [0.1, 0.15) is 6.29 Å². The lowest BCUT2D eigenvalue weighted by molar-refractivity contribution is -0.110. The van der Waals surface area contributed by atoms with Crippen molar-refractivity contribution in [2.24, 2.45) is 11.7 Å². The normalized spacial score (nSPS) is 16.8. The van der Waals surface area contributed by atoms with Gasteiger partial charge in [-0.25, -0.2) is 0 Å². The number of rotatable bonds is 4. The van der Waals surface area contributed by atoms with Crippen molar-refractivity contribution in [3.63, 3.8) is 0 Å². The number of nitrogens with two attached hydrogens (primary N) is 1. The van der Waals surface area contributed by atoms with Gasteiger partial charge in [0.2, 0.25) is 0 Å². The van der Waals surface area contributed by atoms with E-state index in [9.17, 15) is 4.79 Å². The maximum Gasteiger partial charge on any atom is 0.122 e. The Bertz CT molecular complexity index is 83.0. The van der Waals surface area contributed by atoms with Crippen LogP contribution in [-0.2, 0) is 4.79 Å². The predicted octanol–water partition coefficient (Wildman–Crippen LogP) is 0.949. The summed E-state index contributed by atoms with van der Waals surface area (Å²) < 4.78 is 0. The van der Waals surface area contributed by atoms with Crippen molar-refractivity contribution in [3.8, 4) is 0 Å². The molecule has 0 saturated heterocycles. The van der Waals surface area contributed by atoms with Gasteiger partial charge in [-0.15, -0.1) is 0 Å². The number of carbonyl (C=O) groups is 1. The van der Waals surface area contributed by atoms with Crippen LogP contribution >= 0.6 is 0 Å². The fraction of sp³-hybridized carbons (Fsp3) is 0.857. The van der Waals surface area contributed by atoms with Crippen LogP contribution in [0.15, 0.2) is 0 Å². The van der Waals surface area contributed by atoms with Gasteiger partial charge in [-0.3, -0.25) is 0 Å². The molecule has 0 saturated carbocycles. The van der Waals surface area contributed by atoms with E-state index in [2.05, 4.69) is 0 Å². The highest BCUT2D eigenvalue weighted by atomic mass is 16.1. The van der Waals surface area contributed by atoms with Gasteiger partial charge >= 0.3 is 0 Å². The Labute approximate surface area is 56.4 Å². The third-order valence-electron chi connectivity index (χ3n) is 1.43. The molecular formula is C7H15NO. The first-order valence-electron chi connectivity index (χ1n) is 3.41. The van der Waals surface area contributed by atoms with Gasteiger partial charge < -0.3 is 10.5 Å². The summed E-state index contributed by atoms with van der Waals surface area (Å²) >= 11 is 0.